The number of aliphatic carboxylic acids is 1. The van der Waals surface area contributed by atoms with Gasteiger partial charge in [0.2, 0.25) is 6.10 Å². The molecule has 0 bridgehead atoms. The summed E-state index contributed by atoms with van der Waals surface area (Å²) in [6.07, 6.45) is -1.38. The summed E-state index contributed by atoms with van der Waals surface area (Å²) in [6, 6.07) is 6.51. The van der Waals surface area contributed by atoms with Gasteiger partial charge in [-0.05, 0) is 19.1 Å². The second-order valence-electron chi connectivity index (χ2n) is 3.50. The minimum absolute atomic E-state index is 0.257. The topological polar surface area (TPSA) is 80.7 Å². The molecule has 1 unspecified atom stereocenters. The zero-order chi connectivity index (χ0) is 12.8. The summed E-state index contributed by atoms with van der Waals surface area (Å²) in [7, 11) is 0. The maximum atomic E-state index is 11.5. The van der Waals surface area contributed by atoms with Gasteiger partial charge in [0.05, 0.1) is 12.0 Å². The standard InChI is InChI=1S/C12H12O5/c1-8-2-4-9(5-3-8)12(16)17-10(6-7-13)11(14)15/h2-5,7,10H,6H2,1H3,(H,14,15). The van der Waals surface area contributed by atoms with Gasteiger partial charge in [-0.2, -0.15) is 0 Å². The summed E-state index contributed by atoms with van der Waals surface area (Å²) in [5.74, 6) is -2.09. The highest BCUT2D eigenvalue weighted by atomic mass is 16.6. The number of ether oxygens (including phenoxy) is 1. The van der Waals surface area contributed by atoms with Crippen LogP contribution in [0.1, 0.15) is 22.3 Å². The molecule has 0 aliphatic rings. The molecule has 1 N–H and O–H groups in total. The van der Waals surface area contributed by atoms with E-state index in [-0.39, 0.29) is 12.0 Å². The summed E-state index contributed by atoms with van der Waals surface area (Å²) >= 11 is 0. The van der Waals surface area contributed by atoms with Crippen LogP contribution in [0.2, 0.25) is 0 Å². The van der Waals surface area contributed by atoms with Gasteiger partial charge in [-0.25, -0.2) is 9.59 Å². The molecule has 0 fully saturated rings. The number of benzene rings is 1. The average molecular weight is 236 g/mol. The molecule has 1 aromatic rings. The summed E-state index contributed by atoms with van der Waals surface area (Å²) < 4.78 is 4.71. The third kappa shape index (κ3) is 3.71. The van der Waals surface area contributed by atoms with Gasteiger partial charge in [-0.15, -0.1) is 0 Å². The molecule has 5 nitrogen and oxygen atoms in total. The fraction of sp³-hybridized carbons (Fsp3) is 0.250. The van der Waals surface area contributed by atoms with Crippen LogP contribution >= 0.6 is 0 Å². The molecule has 17 heavy (non-hydrogen) atoms. The van der Waals surface area contributed by atoms with Crippen molar-refractivity contribution in [2.75, 3.05) is 0 Å². The average Bonchev–Trinajstić information content (AvgIpc) is 2.29. The molecule has 0 heterocycles. The highest BCUT2D eigenvalue weighted by molar-refractivity contribution is 5.91. The van der Waals surface area contributed by atoms with E-state index < -0.39 is 18.0 Å². The van der Waals surface area contributed by atoms with Gasteiger partial charge >= 0.3 is 11.9 Å². The van der Waals surface area contributed by atoms with Crippen LogP contribution in [0, 0.1) is 6.92 Å². The second-order valence-corrected chi connectivity index (χ2v) is 3.50. The monoisotopic (exact) mass is 236 g/mol. The number of aldehydes is 1. The summed E-state index contributed by atoms with van der Waals surface area (Å²) in [6.45, 7) is 1.86. The predicted octanol–water partition coefficient (Wildman–Crippen LogP) is 1.19. The Labute approximate surface area is 98.0 Å². The highest BCUT2D eigenvalue weighted by Crippen LogP contribution is 2.08. The molecule has 1 aromatic carbocycles. The van der Waals surface area contributed by atoms with Gasteiger partial charge in [0, 0.05) is 0 Å². The van der Waals surface area contributed by atoms with Gasteiger partial charge in [0.25, 0.3) is 0 Å². The van der Waals surface area contributed by atoms with Crippen molar-refractivity contribution < 1.29 is 24.2 Å². The molecule has 0 saturated heterocycles. The van der Waals surface area contributed by atoms with E-state index in [0.29, 0.717) is 6.29 Å². The number of carboxylic acid groups (broad SMARTS) is 1. The maximum absolute atomic E-state index is 11.5. The number of carbonyl (C=O) groups excluding carboxylic acids is 2. The lowest BCUT2D eigenvalue weighted by Gasteiger charge is -2.10. The van der Waals surface area contributed by atoms with Crippen LogP contribution in [0.25, 0.3) is 0 Å². The van der Waals surface area contributed by atoms with Crippen molar-refractivity contribution in [2.24, 2.45) is 0 Å². The molecular weight excluding hydrogens is 224 g/mol. The minimum atomic E-state index is -1.43. The van der Waals surface area contributed by atoms with Crippen molar-refractivity contribution in [2.45, 2.75) is 19.4 Å². The van der Waals surface area contributed by atoms with Crippen LogP contribution in [0.5, 0.6) is 0 Å². The Kier molecular flexibility index (Phi) is 4.39. The smallest absolute Gasteiger partial charge is 0.345 e. The molecule has 0 aliphatic carbocycles. The van der Waals surface area contributed by atoms with Crippen LogP contribution in [-0.4, -0.2) is 29.4 Å². The van der Waals surface area contributed by atoms with E-state index in [1.54, 1.807) is 12.1 Å². The van der Waals surface area contributed by atoms with Crippen molar-refractivity contribution in [1.82, 2.24) is 0 Å². The van der Waals surface area contributed by atoms with Crippen molar-refractivity contribution in [1.29, 1.82) is 0 Å². The van der Waals surface area contributed by atoms with Gasteiger partial charge in [0.15, 0.2) is 0 Å². The lowest BCUT2D eigenvalue weighted by molar-refractivity contribution is -0.148. The Balaban J connectivity index is 2.73. The summed E-state index contributed by atoms with van der Waals surface area (Å²) in [4.78, 5) is 32.4. The first-order valence-corrected chi connectivity index (χ1v) is 4.98. The number of carbonyl (C=O) groups is 3. The molecule has 0 radical (unpaired) electrons. The lowest BCUT2D eigenvalue weighted by Crippen LogP contribution is -2.27. The largest absolute Gasteiger partial charge is 0.478 e. The van der Waals surface area contributed by atoms with E-state index in [1.165, 1.54) is 12.1 Å². The quantitative estimate of drug-likeness (QED) is 0.613. The molecule has 0 saturated carbocycles. The molecule has 0 aliphatic heterocycles. The first kappa shape index (κ1) is 12.9. The van der Waals surface area contributed by atoms with Gasteiger partial charge in [0.1, 0.15) is 6.29 Å². The molecule has 0 aromatic heterocycles. The fourth-order valence-corrected chi connectivity index (χ4v) is 1.17. The third-order valence-electron chi connectivity index (χ3n) is 2.12. The third-order valence-corrected chi connectivity index (χ3v) is 2.12. The van der Waals surface area contributed by atoms with Crippen molar-refractivity contribution in [3.63, 3.8) is 0 Å². The van der Waals surface area contributed by atoms with E-state index in [2.05, 4.69) is 0 Å². The van der Waals surface area contributed by atoms with Crippen LogP contribution in [0.4, 0.5) is 0 Å². The summed E-state index contributed by atoms with van der Waals surface area (Å²) in [5, 5.41) is 8.71. The van der Waals surface area contributed by atoms with Crippen molar-refractivity contribution in [3.05, 3.63) is 35.4 Å². The Bertz CT molecular complexity index is 421. The minimum Gasteiger partial charge on any atom is -0.478 e. The van der Waals surface area contributed by atoms with Crippen LogP contribution in [0.15, 0.2) is 24.3 Å². The van der Waals surface area contributed by atoms with Crippen molar-refractivity contribution >= 4 is 18.2 Å². The number of carboxylic acids is 1. The SMILES string of the molecule is Cc1ccc(C(=O)OC(CC=O)C(=O)O)cc1. The molecule has 1 rings (SSSR count). The van der Waals surface area contributed by atoms with E-state index >= 15 is 0 Å². The Morgan fingerprint density at radius 3 is 2.41 bits per heavy atom. The van der Waals surface area contributed by atoms with E-state index in [1.807, 2.05) is 6.92 Å². The zero-order valence-corrected chi connectivity index (χ0v) is 9.25. The van der Waals surface area contributed by atoms with E-state index in [0.717, 1.165) is 5.56 Å². The fourth-order valence-electron chi connectivity index (χ4n) is 1.17. The normalized spacial score (nSPS) is 11.6. The molecule has 0 spiro atoms. The van der Waals surface area contributed by atoms with E-state index in [9.17, 15) is 14.4 Å². The molecule has 90 valence electrons. The van der Waals surface area contributed by atoms with Crippen molar-refractivity contribution in [3.8, 4) is 0 Å². The molecule has 1 atom stereocenters. The summed E-state index contributed by atoms with van der Waals surface area (Å²) in [5.41, 5.74) is 1.23. The number of hydrogen-bond acceptors (Lipinski definition) is 4. The Hall–Kier alpha value is -2.17. The predicted molar refractivity (Wildman–Crippen MR) is 58.7 cm³/mol. The van der Waals surface area contributed by atoms with Crippen LogP contribution in [-0.2, 0) is 14.3 Å². The highest BCUT2D eigenvalue weighted by Gasteiger charge is 2.22. The molecule has 0 amide bonds. The van der Waals surface area contributed by atoms with Gasteiger partial charge in [-0.1, -0.05) is 17.7 Å². The van der Waals surface area contributed by atoms with Gasteiger partial charge < -0.3 is 14.6 Å². The first-order valence-electron chi connectivity index (χ1n) is 4.98. The Morgan fingerprint density at radius 1 is 1.35 bits per heavy atom. The number of hydrogen-bond donors (Lipinski definition) is 1. The number of rotatable bonds is 5. The zero-order valence-electron chi connectivity index (χ0n) is 9.25. The first-order chi connectivity index (χ1) is 8.04. The molecular formula is C12H12O5. The Morgan fingerprint density at radius 2 is 1.94 bits per heavy atom. The van der Waals surface area contributed by atoms with Crippen LogP contribution in [0.3, 0.4) is 0 Å². The van der Waals surface area contributed by atoms with E-state index in [4.69, 9.17) is 9.84 Å². The molecule has 5 heteroatoms. The lowest BCUT2D eigenvalue weighted by atomic mass is 10.1. The second kappa shape index (κ2) is 5.79. The maximum Gasteiger partial charge on any atom is 0.345 e. The number of aryl methyl sites for hydroxylation is 1. The van der Waals surface area contributed by atoms with Crippen LogP contribution < -0.4 is 0 Å². The van der Waals surface area contributed by atoms with Gasteiger partial charge in [-0.3, -0.25) is 0 Å². The number of esters is 1.